The van der Waals surface area contributed by atoms with Gasteiger partial charge in [-0.1, -0.05) is 0 Å². The fourth-order valence-electron chi connectivity index (χ4n) is 2.26. The number of anilines is 1. The Kier molecular flexibility index (Phi) is 4.39. The summed E-state index contributed by atoms with van der Waals surface area (Å²) >= 11 is 0. The summed E-state index contributed by atoms with van der Waals surface area (Å²) in [5.74, 6) is 1.34. The van der Waals surface area contributed by atoms with Gasteiger partial charge in [0.15, 0.2) is 11.6 Å². The molecule has 1 amide bonds. The Morgan fingerprint density at radius 3 is 2.88 bits per heavy atom. The van der Waals surface area contributed by atoms with E-state index in [9.17, 15) is 4.79 Å². The molecule has 0 aliphatic rings. The van der Waals surface area contributed by atoms with Gasteiger partial charge in [-0.15, -0.1) is 10.2 Å². The summed E-state index contributed by atoms with van der Waals surface area (Å²) in [6, 6.07) is 5.25. The van der Waals surface area contributed by atoms with Crippen molar-refractivity contribution in [1.29, 1.82) is 0 Å². The second-order valence-electron chi connectivity index (χ2n) is 5.69. The van der Waals surface area contributed by atoms with Crippen molar-refractivity contribution in [2.24, 2.45) is 7.05 Å². The number of pyridine rings is 1. The van der Waals surface area contributed by atoms with E-state index in [1.54, 1.807) is 41.5 Å². The molecule has 8 nitrogen and oxygen atoms in total. The van der Waals surface area contributed by atoms with E-state index in [4.69, 9.17) is 4.42 Å². The standard InChI is InChI=1S/C16H18N6O2/c1-21(2)9-13-4-5-14(24-13)16(23)19-12-6-11(7-17-8-12)15-20-18-10-22(15)3/h4-8,10H,9H2,1-3H3,(H,19,23). The van der Waals surface area contributed by atoms with Crippen LogP contribution in [0.2, 0.25) is 0 Å². The molecule has 3 rings (SSSR count). The van der Waals surface area contributed by atoms with Gasteiger partial charge in [0, 0.05) is 18.8 Å². The summed E-state index contributed by atoms with van der Waals surface area (Å²) in [6.07, 6.45) is 4.85. The summed E-state index contributed by atoms with van der Waals surface area (Å²) in [5, 5.41) is 10.7. The second-order valence-corrected chi connectivity index (χ2v) is 5.69. The molecule has 0 aromatic carbocycles. The predicted octanol–water partition coefficient (Wildman–Crippen LogP) is 1.78. The smallest absolute Gasteiger partial charge is 0.291 e. The summed E-state index contributed by atoms with van der Waals surface area (Å²) in [6.45, 7) is 0.635. The van der Waals surface area contributed by atoms with Gasteiger partial charge in [-0.25, -0.2) is 0 Å². The molecule has 0 radical (unpaired) electrons. The Bertz CT molecular complexity index is 852. The number of aryl methyl sites for hydroxylation is 1. The Morgan fingerprint density at radius 2 is 2.17 bits per heavy atom. The molecule has 0 aliphatic heterocycles. The van der Waals surface area contributed by atoms with Crippen molar-refractivity contribution < 1.29 is 9.21 Å². The van der Waals surface area contributed by atoms with Crippen LogP contribution in [-0.2, 0) is 13.6 Å². The first kappa shape index (κ1) is 15.9. The SMILES string of the molecule is CN(C)Cc1ccc(C(=O)Nc2cncc(-c3nncn3C)c2)o1. The van der Waals surface area contributed by atoms with E-state index in [1.165, 1.54) is 0 Å². The molecule has 0 atom stereocenters. The van der Waals surface area contributed by atoms with Crippen LogP contribution < -0.4 is 5.32 Å². The Labute approximate surface area is 139 Å². The summed E-state index contributed by atoms with van der Waals surface area (Å²) in [5.41, 5.74) is 1.33. The lowest BCUT2D eigenvalue weighted by atomic mass is 10.2. The van der Waals surface area contributed by atoms with Crippen LogP contribution in [0.5, 0.6) is 0 Å². The highest BCUT2D eigenvalue weighted by molar-refractivity contribution is 6.02. The Balaban J connectivity index is 1.75. The van der Waals surface area contributed by atoms with Gasteiger partial charge in [0.2, 0.25) is 0 Å². The molecular weight excluding hydrogens is 308 g/mol. The van der Waals surface area contributed by atoms with Crippen molar-refractivity contribution in [3.05, 3.63) is 48.4 Å². The summed E-state index contributed by atoms with van der Waals surface area (Å²) in [4.78, 5) is 18.4. The van der Waals surface area contributed by atoms with Crippen molar-refractivity contribution in [3.8, 4) is 11.4 Å². The lowest BCUT2D eigenvalue weighted by Gasteiger charge is -2.07. The maximum absolute atomic E-state index is 12.3. The van der Waals surface area contributed by atoms with Crippen LogP contribution in [0.25, 0.3) is 11.4 Å². The van der Waals surface area contributed by atoms with Crippen LogP contribution in [0.3, 0.4) is 0 Å². The third kappa shape index (κ3) is 3.49. The minimum absolute atomic E-state index is 0.260. The molecule has 3 aromatic rings. The van der Waals surface area contributed by atoms with Gasteiger partial charge in [0.25, 0.3) is 5.91 Å². The molecule has 24 heavy (non-hydrogen) atoms. The number of carbonyl (C=O) groups is 1. The fraction of sp³-hybridized carbons (Fsp3) is 0.250. The van der Waals surface area contributed by atoms with Gasteiger partial charge in [-0.2, -0.15) is 0 Å². The van der Waals surface area contributed by atoms with E-state index >= 15 is 0 Å². The number of hydrogen-bond donors (Lipinski definition) is 1. The zero-order valence-electron chi connectivity index (χ0n) is 13.7. The Morgan fingerprint density at radius 1 is 1.33 bits per heavy atom. The summed E-state index contributed by atoms with van der Waals surface area (Å²) < 4.78 is 7.33. The fourth-order valence-corrected chi connectivity index (χ4v) is 2.26. The van der Waals surface area contributed by atoms with E-state index in [1.807, 2.05) is 26.0 Å². The minimum atomic E-state index is -0.322. The maximum atomic E-state index is 12.3. The number of rotatable bonds is 5. The van der Waals surface area contributed by atoms with Crippen LogP contribution in [-0.4, -0.2) is 44.7 Å². The normalized spacial score (nSPS) is 11.0. The second kappa shape index (κ2) is 6.63. The first-order chi connectivity index (χ1) is 11.5. The van der Waals surface area contributed by atoms with Crippen LogP contribution in [0.4, 0.5) is 5.69 Å². The van der Waals surface area contributed by atoms with Gasteiger partial charge in [-0.3, -0.25) is 9.78 Å². The van der Waals surface area contributed by atoms with Crippen molar-refractivity contribution in [1.82, 2.24) is 24.6 Å². The largest absolute Gasteiger partial charge is 0.455 e. The number of nitrogens with one attached hydrogen (secondary N) is 1. The molecule has 0 bridgehead atoms. The lowest BCUT2D eigenvalue weighted by Crippen LogP contribution is -2.12. The van der Waals surface area contributed by atoms with Crippen LogP contribution in [0.15, 0.2) is 41.3 Å². The highest BCUT2D eigenvalue weighted by Crippen LogP contribution is 2.19. The number of hydrogen-bond acceptors (Lipinski definition) is 6. The van der Waals surface area contributed by atoms with Crippen molar-refractivity contribution in [2.45, 2.75) is 6.54 Å². The van der Waals surface area contributed by atoms with Crippen molar-refractivity contribution in [3.63, 3.8) is 0 Å². The highest BCUT2D eigenvalue weighted by atomic mass is 16.4. The predicted molar refractivity (Wildman–Crippen MR) is 88.3 cm³/mol. The van der Waals surface area contributed by atoms with Gasteiger partial charge in [0.05, 0.1) is 18.4 Å². The molecular formula is C16H18N6O2. The Hall–Kier alpha value is -3.00. The zero-order valence-corrected chi connectivity index (χ0v) is 13.7. The molecule has 8 heteroatoms. The zero-order chi connectivity index (χ0) is 17.1. The molecule has 0 aliphatic carbocycles. The third-order valence-corrected chi connectivity index (χ3v) is 3.32. The van der Waals surface area contributed by atoms with E-state index in [2.05, 4.69) is 20.5 Å². The number of aromatic nitrogens is 4. The minimum Gasteiger partial charge on any atom is -0.455 e. The van der Waals surface area contributed by atoms with Crippen molar-refractivity contribution >= 4 is 11.6 Å². The number of amides is 1. The third-order valence-electron chi connectivity index (χ3n) is 3.32. The summed E-state index contributed by atoms with van der Waals surface area (Å²) in [7, 11) is 5.72. The number of furan rings is 1. The van der Waals surface area contributed by atoms with E-state index in [0.717, 1.165) is 11.3 Å². The average molecular weight is 326 g/mol. The number of carbonyl (C=O) groups excluding carboxylic acids is 1. The number of nitrogens with zero attached hydrogens (tertiary/aromatic N) is 5. The van der Waals surface area contributed by atoms with Gasteiger partial charge >= 0.3 is 0 Å². The van der Waals surface area contributed by atoms with Crippen molar-refractivity contribution in [2.75, 3.05) is 19.4 Å². The molecule has 0 spiro atoms. The molecule has 1 N–H and O–H groups in total. The lowest BCUT2D eigenvalue weighted by molar-refractivity contribution is 0.0993. The average Bonchev–Trinajstić information content (AvgIpc) is 3.16. The molecule has 124 valence electrons. The quantitative estimate of drug-likeness (QED) is 0.769. The highest BCUT2D eigenvalue weighted by Gasteiger charge is 2.13. The van der Waals surface area contributed by atoms with E-state index < -0.39 is 0 Å². The molecule has 0 saturated carbocycles. The first-order valence-electron chi connectivity index (χ1n) is 7.37. The van der Waals surface area contributed by atoms with E-state index in [-0.39, 0.29) is 11.7 Å². The van der Waals surface area contributed by atoms with E-state index in [0.29, 0.717) is 18.1 Å². The monoisotopic (exact) mass is 326 g/mol. The molecule has 0 unspecified atom stereocenters. The maximum Gasteiger partial charge on any atom is 0.291 e. The van der Waals surface area contributed by atoms with Crippen LogP contribution in [0.1, 0.15) is 16.3 Å². The van der Waals surface area contributed by atoms with Gasteiger partial charge in [0.1, 0.15) is 12.1 Å². The molecule has 0 saturated heterocycles. The van der Waals surface area contributed by atoms with Gasteiger partial charge in [-0.05, 0) is 32.3 Å². The molecule has 3 aromatic heterocycles. The molecule has 3 heterocycles. The van der Waals surface area contributed by atoms with Crippen LogP contribution >= 0.6 is 0 Å². The first-order valence-corrected chi connectivity index (χ1v) is 7.37. The molecule has 0 fully saturated rings. The van der Waals surface area contributed by atoms with Gasteiger partial charge < -0.3 is 19.2 Å². The topological polar surface area (TPSA) is 89.1 Å². The van der Waals surface area contributed by atoms with Crippen LogP contribution in [0, 0.1) is 0 Å².